The van der Waals surface area contributed by atoms with Crippen LogP contribution in [0, 0.1) is 16.7 Å². The number of nitrogens with one attached hydrogen (secondary N) is 1. The van der Waals surface area contributed by atoms with E-state index in [9.17, 15) is 10.1 Å². The van der Waals surface area contributed by atoms with Crippen LogP contribution in [-0.2, 0) is 11.3 Å². The zero-order valence-corrected chi connectivity index (χ0v) is 11.1. The lowest BCUT2D eigenvalue weighted by molar-refractivity contribution is -0.128. The molecule has 1 fully saturated rings. The Labute approximate surface area is 113 Å². The van der Waals surface area contributed by atoms with E-state index in [0.717, 1.165) is 24.2 Å². The number of benzene rings is 1. The average Bonchev–Trinajstić information content (AvgIpc) is 2.95. The Balaban J connectivity index is 1.98. The van der Waals surface area contributed by atoms with Gasteiger partial charge < -0.3 is 10.1 Å². The molecule has 0 aromatic heterocycles. The molecule has 4 nitrogen and oxygen atoms in total. The van der Waals surface area contributed by atoms with Crippen LogP contribution in [0.2, 0.25) is 0 Å². The third-order valence-electron chi connectivity index (χ3n) is 3.69. The summed E-state index contributed by atoms with van der Waals surface area (Å²) in [7, 11) is 1.61. The minimum absolute atomic E-state index is 0.143. The molecule has 0 atom stereocenters. The molecule has 0 spiro atoms. The summed E-state index contributed by atoms with van der Waals surface area (Å²) in [5.74, 6) is 0.623. The normalized spacial score (nSPS) is 16.6. The van der Waals surface area contributed by atoms with Gasteiger partial charge in [-0.3, -0.25) is 4.79 Å². The number of nitriles is 1. The lowest BCUT2D eigenvalue weighted by Crippen LogP contribution is -2.37. The molecular formula is C15H18N2O2. The van der Waals surface area contributed by atoms with Crippen LogP contribution in [0.3, 0.4) is 0 Å². The highest BCUT2D eigenvalue weighted by molar-refractivity contribution is 5.85. The molecule has 0 heterocycles. The summed E-state index contributed by atoms with van der Waals surface area (Å²) in [5, 5.41) is 12.1. The lowest BCUT2D eigenvalue weighted by atomic mass is 9.87. The van der Waals surface area contributed by atoms with Crippen LogP contribution in [0.5, 0.6) is 5.75 Å². The molecule has 0 aliphatic heterocycles. The number of carbonyl (C=O) groups is 1. The first kappa shape index (κ1) is 13.4. The molecule has 1 amide bonds. The van der Waals surface area contributed by atoms with Gasteiger partial charge in [0.2, 0.25) is 5.91 Å². The first-order chi connectivity index (χ1) is 9.20. The predicted molar refractivity (Wildman–Crippen MR) is 71.4 cm³/mol. The van der Waals surface area contributed by atoms with Crippen molar-refractivity contribution in [3.8, 4) is 11.8 Å². The number of hydrogen-bond acceptors (Lipinski definition) is 3. The molecule has 0 unspecified atom stereocenters. The molecule has 0 bridgehead atoms. The van der Waals surface area contributed by atoms with Gasteiger partial charge in [0, 0.05) is 6.54 Å². The Bertz CT molecular complexity index is 499. The Morgan fingerprint density at radius 1 is 1.47 bits per heavy atom. The van der Waals surface area contributed by atoms with Crippen molar-refractivity contribution in [2.75, 3.05) is 7.11 Å². The molecule has 2 rings (SSSR count). The summed E-state index contributed by atoms with van der Waals surface area (Å²) in [4.78, 5) is 12.2. The summed E-state index contributed by atoms with van der Waals surface area (Å²) < 4.78 is 5.14. The number of nitrogens with zero attached hydrogens (tertiary/aromatic N) is 1. The van der Waals surface area contributed by atoms with Crippen molar-refractivity contribution in [2.24, 2.45) is 5.41 Å². The zero-order valence-electron chi connectivity index (χ0n) is 11.1. The van der Waals surface area contributed by atoms with Crippen LogP contribution in [0.15, 0.2) is 24.3 Å². The largest absolute Gasteiger partial charge is 0.497 e. The summed E-state index contributed by atoms with van der Waals surface area (Å²) in [5.41, 5.74) is 0.164. The Morgan fingerprint density at radius 2 is 2.21 bits per heavy atom. The first-order valence-electron chi connectivity index (χ1n) is 6.53. The van der Waals surface area contributed by atoms with Gasteiger partial charge in [0.25, 0.3) is 0 Å². The molecule has 1 aromatic rings. The fourth-order valence-electron chi connectivity index (χ4n) is 2.50. The van der Waals surface area contributed by atoms with Gasteiger partial charge in [-0.2, -0.15) is 5.26 Å². The minimum atomic E-state index is -0.807. The van der Waals surface area contributed by atoms with Crippen molar-refractivity contribution >= 4 is 5.91 Å². The van der Waals surface area contributed by atoms with Gasteiger partial charge >= 0.3 is 0 Å². The highest BCUT2D eigenvalue weighted by Crippen LogP contribution is 2.37. The fourth-order valence-corrected chi connectivity index (χ4v) is 2.50. The van der Waals surface area contributed by atoms with Crippen LogP contribution < -0.4 is 10.1 Å². The summed E-state index contributed by atoms with van der Waals surface area (Å²) in [6, 6.07) is 9.75. The van der Waals surface area contributed by atoms with Crippen LogP contribution in [0.25, 0.3) is 0 Å². The molecule has 1 N–H and O–H groups in total. The van der Waals surface area contributed by atoms with Gasteiger partial charge in [0.05, 0.1) is 13.2 Å². The molecular weight excluding hydrogens is 240 g/mol. The van der Waals surface area contributed by atoms with Crippen molar-refractivity contribution in [1.29, 1.82) is 5.26 Å². The third kappa shape index (κ3) is 2.87. The molecule has 1 aliphatic rings. The fraction of sp³-hybridized carbons (Fsp3) is 0.467. The number of methoxy groups -OCH3 is 1. The van der Waals surface area contributed by atoms with E-state index in [-0.39, 0.29) is 5.91 Å². The number of ether oxygens (including phenoxy) is 1. The average molecular weight is 258 g/mol. The van der Waals surface area contributed by atoms with Crippen molar-refractivity contribution in [3.05, 3.63) is 29.8 Å². The van der Waals surface area contributed by atoms with Gasteiger partial charge in [-0.15, -0.1) is 0 Å². The summed E-state index contributed by atoms with van der Waals surface area (Å²) in [6.45, 7) is 0.430. The SMILES string of the molecule is COc1cccc(CNC(=O)C2(C#N)CCCC2)c1. The quantitative estimate of drug-likeness (QED) is 0.902. The van der Waals surface area contributed by atoms with Crippen molar-refractivity contribution in [1.82, 2.24) is 5.32 Å². The monoisotopic (exact) mass is 258 g/mol. The summed E-state index contributed by atoms with van der Waals surface area (Å²) in [6.07, 6.45) is 3.27. The number of carbonyl (C=O) groups excluding carboxylic acids is 1. The van der Waals surface area contributed by atoms with Gasteiger partial charge in [-0.05, 0) is 30.5 Å². The maximum Gasteiger partial charge on any atom is 0.240 e. The van der Waals surface area contributed by atoms with Crippen LogP contribution in [0.1, 0.15) is 31.2 Å². The molecule has 100 valence electrons. The van der Waals surface area contributed by atoms with Crippen LogP contribution in [0.4, 0.5) is 0 Å². The predicted octanol–water partition coefficient (Wildman–Crippen LogP) is 2.40. The standard InChI is InChI=1S/C15H18N2O2/c1-19-13-6-4-5-12(9-13)10-17-14(18)15(11-16)7-2-3-8-15/h4-6,9H,2-3,7-8,10H2,1H3,(H,17,18). The van der Waals surface area contributed by atoms with E-state index in [4.69, 9.17) is 4.74 Å². The smallest absolute Gasteiger partial charge is 0.240 e. The Hall–Kier alpha value is -2.02. The number of amides is 1. The van der Waals surface area contributed by atoms with E-state index in [0.29, 0.717) is 19.4 Å². The van der Waals surface area contributed by atoms with E-state index in [1.54, 1.807) is 7.11 Å². The number of rotatable bonds is 4. The van der Waals surface area contributed by atoms with Gasteiger partial charge in [-0.25, -0.2) is 0 Å². The second kappa shape index (κ2) is 5.75. The Kier molecular flexibility index (Phi) is 4.06. The topological polar surface area (TPSA) is 62.1 Å². The van der Waals surface area contributed by atoms with E-state index in [1.165, 1.54) is 0 Å². The van der Waals surface area contributed by atoms with E-state index in [2.05, 4.69) is 11.4 Å². The first-order valence-corrected chi connectivity index (χ1v) is 6.53. The second-order valence-electron chi connectivity index (χ2n) is 4.94. The second-order valence-corrected chi connectivity index (χ2v) is 4.94. The van der Waals surface area contributed by atoms with Gasteiger partial charge in [0.15, 0.2) is 0 Å². The van der Waals surface area contributed by atoms with Crippen LogP contribution in [-0.4, -0.2) is 13.0 Å². The molecule has 4 heteroatoms. The summed E-state index contributed by atoms with van der Waals surface area (Å²) >= 11 is 0. The van der Waals surface area contributed by atoms with Crippen molar-refractivity contribution in [2.45, 2.75) is 32.2 Å². The van der Waals surface area contributed by atoms with E-state index < -0.39 is 5.41 Å². The minimum Gasteiger partial charge on any atom is -0.497 e. The third-order valence-corrected chi connectivity index (χ3v) is 3.69. The molecule has 0 radical (unpaired) electrons. The zero-order chi connectivity index (χ0) is 13.7. The maximum atomic E-state index is 12.2. The van der Waals surface area contributed by atoms with E-state index in [1.807, 2.05) is 24.3 Å². The highest BCUT2D eigenvalue weighted by Gasteiger charge is 2.41. The van der Waals surface area contributed by atoms with Crippen LogP contribution >= 0.6 is 0 Å². The molecule has 1 aromatic carbocycles. The molecule has 1 aliphatic carbocycles. The van der Waals surface area contributed by atoms with Gasteiger partial charge in [-0.1, -0.05) is 25.0 Å². The van der Waals surface area contributed by atoms with Crippen molar-refractivity contribution in [3.63, 3.8) is 0 Å². The molecule has 1 saturated carbocycles. The van der Waals surface area contributed by atoms with Gasteiger partial charge in [0.1, 0.15) is 11.2 Å². The molecule has 19 heavy (non-hydrogen) atoms. The Morgan fingerprint density at radius 3 is 2.84 bits per heavy atom. The van der Waals surface area contributed by atoms with Crippen molar-refractivity contribution < 1.29 is 9.53 Å². The van der Waals surface area contributed by atoms with E-state index >= 15 is 0 Å². The maximum absolute atomic E-state index is 12.2. The highest BCUT2D eigenvalue weighted by atomic mass is 16.5. The lowest BCUT2D eigenvalue weighted by Gasteiger charge is -2.19. The number of hydrogen-bond donors (Lipinski definition) is 1. The molecule has 0 saturated heterocycles.